The number of benzene rings is 1. The Kier molecular flexibility index (Phi) is 3.90. The quantitative estimate of drug-likeness (QED) is 0.577. The maximum absolute atomic E-state index is 9.61. The molecule has 12 heavy (non-hydrogen) atoms. The molecule has 0 spiro atoms. The molecule has 0 aliphatic rings. The Morgan fingerprint density at radius 3 is 2.33 bits per heavy atom. The van der Waals surface area contributed by atoms with Gasteiger partial charge in [0.2, 0.25) is 0 Å². The van der Waals surface area contributed by atoms with Crippen molar-refractivity contribution >= 4 is 28.6 Å². The fourth-order valence-electron chi connectivity index (χ4n) is 0.806. The van der Waals surface area contributed by atoms with Crippen molar-refractivity contribution in [3.8, 4) is 0 Å². The summed E-state index contributed by atoms with van der Waals surface area (Å²) < 4.78 is 0. The van der Waals surface area contributed by atoms with E-state index in [1.807, 2.05) is 30.3 Å². The van der Waals surface area contributed by atoms with Crippen molar-refractivity contribution < 1.29 is 4.79 Å². The summed E-state index contributed by atoms with van der Waals surface area (Å²) in [6.45, 7) is 0. The molecular weight excluding hydrogens is 231 g/mol. The van der Waals surface area contributed by atoms with Crippen LogP contribution in [-0.2, 0) is 0 Å². The van der Waals surface area contributed by atoms with E-state index in [2.05, 4.69) is 11.4 Å². The van der Waals surface area contributed by atoms with Crippen LogP contribution in [0.3, 0.4) is 0 Å². The van der Waals surface area contributed by atoms with E-state index in [-0.39, 0.29) is 0 Å². The van der Waals surface area contributed by atoms with Gasteiger partial charge in [0, 0.05) is 0 Å². The molecule has 0 unspecified atom stereocenters. The van der Waals surface area contributed by atoms with Crippen LogP contribution in [0.2, 0.25) is 11.4 Å². The Bertz CT molecular complexity index is 258. The summed E-state index contributed by atoms with van der Waals surface area (Å²) in [6, 6.07) is 9.69. The summed E-state index contributed by atoms with van der Waals surface area (Å²) in [4.78, 5) is 9.61. The van der Waals surface area contributed by atoms with E-state index >= 15 is 0 Å². The van der Waals surface area contributed by atoms with Crippen molar-refractivity contribution in [3.63, 3.8) is 0 Å². The topological polar surface area (TPSA) is 21.4 Å². The van der Waals surface area contributed by atoms with E-state index < -0.39 is 13.5 Å². The number of rotatable bonds is 2. The second-order valence-electron chi connectivity index (χ2n) is 2.57. The van der Waals surface area contributed by atoms with Crippen LogP contribution in [0.4, 0.5) is 0 Å². The Morgan fingerprint density at radius 1 is 1.25 bits per heavy atom. The van der Waals surface area contributed by atoms with Gasteiger partial charge >= 0.3 is 80.7 Å². The van der Waals surface area contributed by atoms with Crippen LogP contribution < -0.4 is 0 Å². The molecule has 0 amide bonds. The zero-order valence-electron chi connectivity index (χ0n) is 7.19. The number of hydrogen-bond acceptors (Lipinski definition) is 1. The first-order valence-electron chi connectivity index (χ1n) is 3.67. The van der Waals surface area contributed by atoms with Gasteiger partial charge in [-0.1, -0.05) is 0 Å². The molecule has 0 aliphatic carbocycles. The van der Waals surface area contributed by atoms with Crippen molar-refractivity contribution in [2.45, 2.75) is 11.4 Å². The summed E-state index contributed by atoms with van der Waals surface area (Å²) in [5.74, 6) is 0. The predicted octanol–water partition coefficient (Wildman–Crippen LogP) is 2.52. The molecule has 0 saturated heterocycles. The molecule has 1 N–H and O–H groups in total. The minimum absolute atomic E-state index is 0.473. The Hall–Kier alpha value is -0.202. The van der Waals surface area contributed by atoms with Crippen molar-refractivity contribution in [2.75, 3.05) is 0 Å². The van der Waals surface area contributed by atoms with Gasteiger partial charge in [-0.15, -0.1) is 0 Å². The monoisotopic (exact) mass is 243 g/mol. The minimum atomic E-state index is -0.828. The van der Waals surface area contributed by atoms with Crippen LogP contribution in [-0.4, -0.2) is 23.4 Å². The van der Waals surface area contributed by atoms with Gasteiger partial charge in [0.05, 0.1) is 0 Å². The van der Waals surface area contributed by atoms with Crippen LogP contribution in [0, 0.1) is 0 Å². The fourth-order valence-corrected chi connectivity index (χ4v) is 4.23. The average molecular weight is 243 g/mol. The Balaban J connectivity index is 2.66. The standard InChI is InChI=1S/C9H11AsOS/c1-10(2)12-9(11)8-6-4-3-5-7-8/h3-7H,1-2H3/p+1. The SMILES string of the molecule is C[As](C)SC(=[OH+])c1ccccc1. The van der Waals surface area contributed by atoms with Crippen molar-refractivity contribution in [3.05, 3.63) is 35.9 Å². The third-order valence-electron chi connectivity index (χ3n) is 1.29. The zero-order chi connectivity index (χ0) is 8.97. The number of carbonyl (C=O) groups excluding carboxylic acids is 1. The predicted molar refractivity (Wildman–Crippen MR) is 57.6 cm³/mol. The molecule has 0 aliphatic heterocycles. The van der Waals surface area contributed by atoms with Crippen LogP contribution in [0.5, 0.6) is 0 Å². The van der Waals surface area contributed by atoms with Gasteiger partial charge in [-0.05, 0) is 0 Å². The van der Waals surface area contributed by atoms with Gasteiger partial charge in [-0.3, -0.25) is 0 Å². The molecule has 1 aromatic carbocycles. The molecule has 0 atom stereocenters. The molecule has 0 fully saturated rings. The third-order valence-corrected chi connectivity index (χ3v) is 5.45. The van der Waals surface area contributed by atoms with Crippen LogP contribution in [0.25, 0.3) is 0 Å². The van der Waals surface area contributed by atoms with E-state index in [9.17, 15) is 4.79 Å². The second-order valence-corrected chi connectivity index (χ2v) is 11.5. The molecule has 1 aromatic rings. The van der Waals surface area contributed by atoms with E-state index in [1.54, 1.807) is 10.0 Å². The van der Waals surface area contributed by atoms with Gasteiger partial charge in [-0.2, -0.15) is 0 Å². The molecule has 1 nitrogen and oxygen atoms in total. The van der Waals surface area contributed by atoms with E-state index in [0.29, 0.717) is 5.12 Å². The van der Waals surface area contributed by atoms with Gasteiger partial charge in [0.25, 0.3) is 0 Å². The summed E-state index contributed by atoms with van der Waals surface area (Å²) >= 11 is -0.828. The second kappa shape index (κ2) is 4.73. The summed E-state index contributed by atoms with van der Waals surface area (Å²) in [7, 11) is 1.63. The third kappa shape index (κ3) is 3.04. The Morgan fingerprint density at radius 2 is 1.83 bits per heavy atom. The van der Waals surface area contributed by atoms with Crippen LogP contribution in [0.1, 0.15) is 5.56 Å². The zero-order valence-corrected chi connectivity index (χ0v) is 9.88. The maximum atomic E-state index is 9.61. The summed E-state index contributed by atoms with van der Waals surface area (Å²) in [5.41, 5.74) is 5.35. The molecule has 64 valence electrons. The first kappa shape index (κ1) is 9.88. The van der Waals surface area contributed by atoms with E-state index in [0.717, 1.165) is 5.56 Å². The molecule has 1 rings (SSSR count). The van der Waals surface area contributed by atoms with Gasteiger partial charge in [0.1, 0.15) is 0 Å². The number of hydrogen-bond donors (Lipinski definition) is 0. The molecule has 0 saturated carbocycles. The van der Waals surface area contributed by atoms with Gasteiger partial charge < -0.3 is 0 Å². The molecule has 3 heteroatoms. The molecular formula is C9H12AsOS+. The van der Waals surface area contributed by atoms with Crippen LogP contribution in [0.15, 0.2) is 30.3 Å². The van der Waals surface area contributed by atoms with E-state index in [1.165, 1.54) is 0 Å². The van der Waals surface area contributed by atoms with Gasteiger partial charge in [-0.25, -0.2) is 0 Å². The van der Waals surface area contributed by atoms with Crippen molar-refractivity contribution in [1.29, 1.82) is 0 Å². The van der Waals surface area contributed by atoms with Crippen molar-refractivity contribution in [1.82, 2.24) is 0 Å². The normalized spacial score (nSPS) is 10.2. The first-order valence-corrected chi connectivity index (χ1v) is 10.5. The fraction of sp³-hybridized carbons (Fsp3) is 0.222. The van der Waals surface area contributed by atoms with Crippen LogP contribution >= 0.6 is 10.0 Å². The first-order chi connectivity index (χ1) is 5.70. The Labute approximate surface area is 80.8 Å². The molecule has 0 aromatic heterocycles. The summed E-state index contributed by atoms with van der Waals surface area (Å²) in [6.07, 6.45) is 0. The molecule has 0 heterocycles. The average Bonchev–Trinajstić information content (AvgIpc) is 2.05. The summed E-state index contributed by atoms with van der Waals surface area (Å²) in [5, 5.41) is 0.473. The molecule has 0 bridgehead atoms. The van der Waals surface area contributed by atoms with Crippen molar-refractivity contribution in [2.24, 2.45) is 0 Å². The molecule has 0 radical (unpaired) electrons. The van der Waals surface area contributed by atoms with Gasteiger partial charge in [0.15, 0.2) is 0 Å². The van der Waals surface area contributed by atoms with E-state index in [4.69, 9.17) is 0 Å².